The van der Waals surface area contributed by atoms with Gasteiger partial charge in [0.1, 0.15) is 12.0 Å². The van der Waals surface area contributed by atoms with Crippen LogP contribution in [0, 0.1) is 10.1 Å². The first-order chi connectivity index (χ1) is 8.59. The number of carboxylic acid groups (broad SMARTS) is 1. The van der Waals surface area contributed by atoms with Gasteiger partial charge in [-0.05, 0) is 6.07 Å². The van der Waals surface area contributed by atoms with Crippen molar-refractivity contribution < 1.29 is 19.6 Å². The van der Waals surface area contributed by atoms with E-state index < -0.39 is 16.9 Å². The molecule has 0 saturated carbocycles. The molecule has 0 aromatic carbocycles. The number of aromatic nitrogens is 1. The molecule has 2 rings (SSSR count). The Morgan fingerprint density at radius 3 is 2.94 bits per heavy atom. The number of morpholine rings is 1. The third-order valence-electron chi connectivity index (χ3n) is 2.65. The van der Waals surface area contributed by atoms with Crippen LogP contribution in [0.5, 0.6) is 0 Å². The van der Waals surface area contributed by atoms with Gasteiger partial charge >= 0.3 is 5.97 Å². The molecule has 0 bridgehead atoms. The Labute approximate surface area is 102 Å². The van der Waals surface area contributed by atoms with Crippen LogP contribution < -0.4 is 4.90 Å². The molecule has 8 nitrogen and oxygen atoms in total. The number of aliphatic carboxylic acids is 1. The highest BCUT2D eigenvalue weighted by molar-refractivity contribution is 5.78. The molecular formula is C10H11N3O5. The number of ether oxygens (including phenoxy) is 1. The van der Waals surface area contributed by atoms with Crippen LogP contribution in [0.4, 0.5) is 11.5 Å². The third kappa shape index (κ3) is 2.38. The van der Waals surface area contributed by atoms with Gasteiger partial charge in [-0.15, -0.1) is 0 Å². The molecule has 8 heteroatoms. The molecule has 0 radical (unpaired) electrons. The molecule has 1 fully saturated rings. The summed E-state index contributed by atoms with van der Waals surface area (Å²) >= 11 is 0. The predicted octanol–water partition coefficient (Wildman–Crippen LogP) is 0.280. The van der Waals surface area contributed by atoms with Crippen molar-refractivity contribution in [1.82, 2.24) is 4.98 Å². The molecule has 18 heavy (non-hydrogen) atoms. The average molecular weight is 253 g/mol. The summed E-state index contributed by atoms with van der Waals surface area (Å²) in [4.78, 5) is 26.5. The lowest BCUT2D eigenvalue weighted by atomic mass is 10.2. The highest BCUT2D eigenvalue weighted by Crippen LogP contribution is 2.20. The van der Waals surface area contributed by atoms with Crippen molar-refractivity contribution in [3.8, 4) is 0 Å². The second kappa shape index (κ2) is 4.96. The predicted molar refractivity (Wildman–Crippen MR) is 60.5 cm³/mol. The minimum absolute atomic E-state index is 0.0774. The molecule has 0 spiro atoms. The number of anilines is 1. The number of hydrogen-bond acceptors (Lipinski definition) is 6. The largest absolute Gasteiger partial charge is 0.480 e. The lowest BCUT2D eigenvalue weighted by Crippen LogP contribution is -2.50. The first-order valence-electron chi connectivity index (χ1n) is 5.27. The second-order valence-corrected chi connectivity index (χ2v) is 3.75. The van der Waals surface area contributed by atoms with E-state index in [9.17, 15) is 14.9 Å². The van der Waals surface area contributed by atoms with Crippen molar-refractivity contribution >= 4 is 17.5 Å². The molecule has 0 aliphatic carbocycles. The molecule has 0 amide bonds. The minimum Gasteiger partial charge on any atom is -0.480 e. The van der Waals surface area contributed by atoms with Gasteiger partial charge in [-0.2, -0.15) is 0 Å². The zero-order valence-corrected chi connectivity index (χ0v) is 9.35. The Bertz CT molecular complexity index is 461. The van der Waals surface area contributed by atoms with Gasteiger partial charge in [0.2, 0.25) is 0 Å². The SMILES string of the molecule is O=C(O)C1COCCN1c1ccc([N+](=O)[O-])cn1. The average Bonchev–Trinajstić information content (AvgIpc) is 2.39. The highest BCUT2D eigenvalue weighted by Gasteiger charge is 2.30. The molecule has 1 aromatic rings. The lowest BCUT2D eigenvalue weighted by Gasteiger charge is -2.33. The molecule has 96 valence electrons. The van der Waals surface area contributed by atoms with Gasteiger partial charge in [-0.1, -0.05) is 0 Å². The first kappa shape index (κ1) is 12.2. The molecule has 1 aliphatic rings. The summed E-state index contributed by atoms with van der Waals surface area (Å²) in [6.45, 7) is 0.873. The summed E-state index contributed by atoms with van der Waals surface area (Å²) < 4.78 is 5.10. The second-order valence-electron chi connectivity index (χ2n) is 3.75. The Morgan fingerprint density at radius 2 is 2.39 bits per heavy atom. The van der Waals surface area contributed by atoms with Gasteiger partial charge in [0.05, 0.1) is 18.1 Å². The fraction of sp³-hybridized carbons (Fsp3) is 0.400. The number of nitrogens with zero attached hydrogens (tertiary/aromatic N) is 3. The number of pyridine rings is 1. The third-order valence-corrected chi connectivity index (χ3v) is 2.65. The van der Waals surface area contributed by atoms with Gasteiger partial charge in [0, 0.05) is 12.6 Å². The van der Waals surface area contributed by atoms with E-state index in [1.165, 1.54) is 12.1 Å². The molecule has 1 aromatic heterocycles. The Hall–Kier alpha value is -2.22. The maximum absolute atomic E-state index is 11.1. The number of hydrogen-bond donors (Lipinski definition) is 1. The van der Waals surface area contributed by atoms with Gasteiger partial charge in [-0.3, -0.25) is 10.1 Å². The maximum Gasteiger partial charge on any atom is 0.328 e. The van der Waals surface area contributed by atoms with Gasteiger partial charge < -0.3 is 14.7 Å². The van der Waals surface area contributed by atoms with E-state index in [-0.39, 0.29) is 12.3 Å². The first-order valence-corrected chi connectivity index (χ1v) is 5.27. The summed E-state index contributed by atoms with van der Waals surface area (Å²) in [7, 11) is 0. The summed E-state index contributed by atoms with van der Waals surface area (Å²) in [5, 5.41) is 19.6. The van der Waals surface area contributed by atoms with Crippen molar-refractivity contribution in [3.63, 3.8) is 0 Å². The smallest absolute Gasteiger partial charge is 0.328 e. The van der Waals surface area contributed by atoms with E-state index in [0.717, 1.165) is 6.20 Å². The van der Waals surface area contributed by atoms with Crippen LogP contribution in [0.15, 0.2) is 18.3 Å². The number of nitro groups is 1. The molecular weight excluding hydrogens is 242 g/mol. The topological polar surface area (TPSA) is 106 Å². The van der Waals surface area contributed by atoms with E-state index >= 15 is 0 Å². The van der Waals surface area contributed by atoms with Crippen LogP contribution >= 0.6 is 0 Å². The normalized spacial score (nSPS) is 19.6. The van der Waals surface area contributed by atoms with Crippen LogP contribution in [0.25, 0.3) is 0 Å². The van der Waals surface area contributed by atoms with Crippen LogP contribution in [0.3, 0.4) is 0 Å². The number of carbonyl (C=O) groups is 1. The van der Waals surface area contributed by atoms with E-state index in [0.29, 0.717) is 19.0 Å². The molecule has 1 unspecified atom stereocenters. The standard InChI is InChI=1S/C10H11N3O5/c14-10(15)8-6-18-4-3-12(8)9-2-1-7(5-11-9)13(16)17/h1-2,5,8H,3-4,6H2,(H,14,15). The van der Waals surface area contributed by atoms with Gasteiger partial charge in [0.15, 0.2) is 6.04 Å². The van der Waals surface area contributed by atoms with Crippen molar-refractivity contribution in [2.24, 2.45) is 0 Å². The minimum atomic E-state index is -1.00. The van der Waals surface area contributed by atoms with E-state index in [4.69, 9.17) is 9.84 Å². The van der Waals surface area contributed by atoms with E-state index in [1.807, 2.05) is 0 Å². The van der Waals surface area contributed by atoms with E-state index in [2.05, 4.69) is 4.98 Å². The van der Waals surface area contributed by atoms with Crippen molar-refractivity contribution in [3.05, 3.63) is 28.4 Å². The Kier molecular flexibility index (Phi) is 3.38. The van der Waals surface area contributed by atoms with Crippen molar-refractivity contribution in [2.75, 3.05) is 24.7 Å². The van der Waals surface area contributed by atoms with Crippen molar-refractivity contribution in [1.29, 1.82) is 0 Å². The molecule has 1 aliphatic heterocycles. The summed E-state index contributed by atoms with van der Waals surface area (Å²) in [5.41, 5.74) is -0.126. The van der Waals surface area contributed by atoms with Gasteiger partial charge in [-0.25, -0.2) is 9.78 Å². The molecule has 1 N–H and O–H groups in total. The number of carboxylic acids is 1. The van der Waals surface area contributed by atoms with Crippen LogP contribution in [-0.2, 0) is 9.53 Å². The zero-order valence-electron chi connectivity index (χ0n) is 9.35. The fourth-order valence-corrected chi connectivity index (χ4v) is 1.74. The zero-order chi connectivity index (χ0) is 13.1. The fourth-order valence-electron chi connectivity index (χ4n) is 1.74. The van der Waals surface area contributed by atoms with Crippen molar-refractivity contribution in [2.45, 2.75) is 6.04 Å². The van der Waals surface area contributed by atoms with Crippen LogP contribution in [-0.4, -0.2) is 46.8 Å². The lowest BCUT2D eigenvalue weighted by molar-refractivity contribution is -0.385. The van der Waals surface area contributed by atoms with Crippen LogP contribution in [0.2, 0.25) is 0 Å². The van der Waals surface area contributed by atoms with E-state index in [1.54, 1.807) is 4.90 Å². The summed E-state index contributed by atoms with van der Waals surface area (Å²) in [5.74, 6) is -0.605. The monoisotopic (exact) mass is 253 g/mol. The quantitative estimate of drug-likeness (QED) is 0.609. The Morgan fingerprint density at radius 1 is 1.61 bits per heavy atom. The van der Waals surface area contributed by atoms with Crippen LogP contribution in [0.1, 0.15) is 0 Å². The highest BCUT2D eigenvalue weighted by atomic mass is 16.6. The molecule has 2 heterocycles. The van der Waals surface area contributed by atoms with Gasteiger partial charge in [0.25, 0.3) is 5.69 Å². The Balaban J connectivity index is 2.23. The molecule has 1 atom stereocenters. The summed E-state index contributed by atoms with van der Waals surface area (Å²) in [6.07, 6.45) is 1.11. The summed E-state index contributed by atoms with van der Waals surface area (Å²) in [6, 6.07) is 1.93. The molecule has 1 saturated heterocycles. The number of rotatable bonds is 3. The maximum atomic E-state index is 11.1.